The Hall–Kier alpha value is -1.32. The quantitative estimate of drug-likeness (QED) is 0.868. The fourth-order valence-electron chi connectivity index (χ4n) is 2.37. The molecule has 0 aromatic carbocycles. The molecule has 0 amide bonds. The molecule has 17 heavy (non-hydrogen) atoms. The van der Waals surface area contributed by atoms with Crippen molar-refractivity contribution in [2.45, 2.75) is 39.5 Å². The molecule has 0 bridgehead atoms. The molecule has 2 heterocycles. The van der Waals surface area contributed by atoms with E-state index in [2.05, 4.69) is 28.7 Å². The molecule has 0 radical (unpaired) electrons. The van der Waals surface area contributed by atoms with Crippen molar-refractivity contribution in [1.29, 1.82) is 0 Å². The molecule has 94 valence electrons. The van der Waals surface area contributed by atoms with Gasteiger partial charge in [-0.15, -0.1) is 0 Å². The summed E-state index contributed by atoms with van der Waals surface area (Å²) in [6.45, 7) is 6.60. The van der Waals surface area contributed by atoms with E-state index in [1.54, 1.807) is 0 Å². The summed E-state index contributed by atoms with van der Waals surface area (Å²) in [5.41, 5.74) is 5.85. The van der Waals surface area contributed by atoms with Gasteiger partial charge in [0.05, 0.1) is 0 Å². The third-order valence-electron chi connectivity index (χ3n) is 3.44. The van der Waals surface area contributed by atoms with Crippen LogP contribution in [0.5, 0.6) is 0 Å². The maximum absolute atomic E-state index is 5.85. The number of nitrogen functional groups attached to an aromatic ring is 1. The average molecular weight is 234 g/mol. The van der Waals surface area contributed by atoms with Crippen LogP contribution < -0.4 is 10.6 Å². The van der Waals surface area contributed by atoms with Crippen LogP contribution in [0.15, 0.2) is 6.07 Å². The van der Waals surface area contributed by atoms with Crippen LogP contribution in [0.4, 0.5) is 11.6 Å². The van der Waals surface area contributed by atoms with Gasteiger partial charge in [-0.3, -0.25) is 0 Å². The Balaban J connectivity index is 2.15. The first-order chi connectivity index (χ1) is 8.22. The van der Waals surface area contributed by atoms with E-state index in [0.717, 1.165) is 43.5 Å². The first kappa shape index (κ1) is 12.1. The number of anilines is 2. The van der Waals surface area contributed by atoms with Crippen LogP contribution in [-0.4, -0.2) is 23.1 Å². The number of hydrogen-bond donors (Lipinski definition) is 1. The van der Waals surface area contributed by atoms with Crippen molar-refractivity contribution in [2.24, 2.45) is 5.92 Å². The van der Waals surface area contributed by atoms with Crippen LogP contribution in [0.1, 0.15) is 38.9 Å². The van der Waals surface area contributed by atoms with E-state index in [-0.39, 0.29) is 0 Å². The van der Waals surface area contributed by atoms with Gasteiger partial charge in [-0.1, -0.05) is 20.3 Å². The van der Waals surface area contributed by atoms with E-state index < -0.39 is 0 Å². The molecule has 1 aromatic heterocycles. The Bertz CT molecular complexity index is 378. The molecule has 0 saturated carbocycles. The van der Waals surface area contributed by atoms with E-state index in [4.69, 9.17) is 5.73 Å². The molecule has 0 aliphatic carbocycles. The molecule has 0 spiro atoms. The molecule has 1 aromatic rings. The first-order valence-electron chi connectivity index (χ1n) is 6.61. The average Bonchev–Trinajstić information content (AvgIpc) is 2.77. The summed E-state index contributed by atoms with van der Waals surface area (Å²) in [7, 11) is 0. The highest BCUT2D eigenvalue weighted by Crippen LogP contribution is 2.25. The van der Waals surface area contributed by atoms with Gasteiger partial charge in [0, 0.05) is 25.6 Å². The maximum atomic E-state index is 5.85. The summed E-state index contributed by atoms with van der Waals surface area (Å²) in [5, 5.41) is 0. The molecule has 1 saturated heterocycles. The van der Waals surface area contributed by atoms with E-state index in [9.17, 15) is 0 Å². The molecule has 4 nitrogen and oxygen atoms in total. The minimum atomic E-state index is 0.596. The van der Waals surface area contributed by atoms with Gasteiger partial charge in [0.1, 0.15) is 17.5 Å². The lowest BCUT2D eigenvalue weighted by Gasteiger charge is -2.18. The number of rotatable bonds is 4. The van der Waals surface area contributed by atoms with E-state index >= 15 is 0 Å². The van der Waals surface area contributed by atoms with Crippen molar-refractivity contribution in [3.8, 4) is 0 Å². The molecule has 1 aliphatic heterocycles. The Kier molecular flexibility index (Phi) is 3.82. The van der Waals surface area contributed by atoms with Gasteiger partial charge in [0.2, 0.25) is 0 Å². The van der Waals surface area contributed by atoms with E-state index in [0.29, 0.717) is 5.82 Å². The maximum Gasteiger partial charge on any atom is 0.134 e. The highest BCUT2D eigenvalue weighted by Gasteiger charge is 2.22. The number of aryl methyl sites for hydroxylation is 1. The van der Waals surface area contributed by atoms with Crippen LogP contribution in [0.25, 0.3) is 0 Å². The summed E-state index contributed by atoms with van der Waals surface area (Å²) >= 11 is 0. The van der Waals surface area contributed by atoms with Gasteiger partial charge < -0.3 is 10.6 Å². The molecule has 1 aliphatic rings. The summed E-state index contributed by atoms with van der Waals surface area (Å²) < 4.78 is 0. The molecule has 1 atom stereocenters. The second-order valence-electron chi connectivity index (χ2n) is 4.83. The van der Waals surface area contributed by atoms with Crippen molar-refractivity contribution >= 4 is 11.6 Å². The summed E-state index contributed by atoms with van der Waals surface area (Å²) in [6.07, 6.45) is 4.48. The second kappa shape index (κ2) is 5.34. The smallest absolute Gasteiger partial charge is 0.134 e. The predicted molar refractivity (Wildman–Crippen MR) is 71.1 cm³/mol. The van der Waals surface area contributed by atoms with Crippen LogP contribution in [-0.2, 0) is 6.42 Å². The van der Waals surface area contributed by atoms with Crippen molar-refractivity contribution in [3.63, 3.8) is 0 Å². The largest absolute Gasteiger partial charge is 0.384 e. The third-order valence-corrected chi connectivity index (χ3v) is 3.44. The zero-order valence-corrected chi connectivity index (χ0v) is 10.8. The minimum absolute atomic E-state index is 0.596. The van der Waals surface area contributed by atoms with Gasteiger partial charge in [-0.25, -0.2) is 9.97 Å². The predicted octanol–water partition coefficient (Wildman–Crippen LogP) is 2.25. The summed E-state index contributed by atoms with van der Waals surface area (Å²) in [6, 6.07) is 1.90. The van der Waals surface area contributed by atoms with Gasteiger partial charge in [0.25, 0.3) is 0 Å². The monoisotopic (exact) mass is 234 g/mol. The first-order valence-corrected chi connectivity index (χ1v) is 6.61. The van der Waals surface area contributed by atoms with Gasteiger partial charge >= 0.3 is 0 Å². The molecule has 2 rings (SSSR count). The lowest BCUT2D eigenvalue weighted by molar-refractivity contribution is 0.568. The molecule has 1 unspecified atom stereocenters. The number of aromatic nitrogens is 2. The second-order valence-corrected chi connectivity index (χ2v) is 4.83. The highest BCUT2D eigenvalue weighted by atomic mass is 15.2. The number of nitrogens with zero attached hydrogens (tertiary/aromatic N) is 3. The molecule has 4 heteroatoms. The normalized spacial score (nSPS) is 19.9. The van der Waals surface area contributed by atoms with Gasteiger partial charge in [-0.05, 0) is 18.8 Å². The Morgan fingerprint density at radius 1 is 1.41 bits per heavy atom. The lowest BCUT2D eigenvalue weighted by atomic mass is 10.1. The molecule has 2 N–H and O–H groups in total. The van der Waals surface area contributed by atoms with Crippen LogP contribution >= 0.6 is 0 Å². The Morgan fingerprint density at radius 3 is 2.88 bits per heavy atom. The van der Waals surface area contributed by atoms with Crippen LogP contribution in [0.2, 0.25) is 0 Å². The fourth-order valence-corrected chi connectivity index (χ4v) is 2.37. The molecular weight excluding hydrogens is 212 g/mol. The van der Waals surface area contributed by atoms with Crippen molar-refractivity contribution in [3.05, 3.63) is 11.9 Å². The lowest BCUT2D eigenvalue weighted by Crippen LogP contribution is -2.21. The minimum Gasteiger partial charge on any atom is -0.384 e. The van der Waals surface area contributed by atoms with Crippen LogP contribution in [0.3, 0.4) is 0 Å². The zero-order valence-electron chi connectivity index (χ0n) is 10.8. The summed E-state index contributed by atoms with van der Waals surface area (Å²) in [5.74, 6) is 3.29. The van der Waals surface area contributed by atoms with Gasteiger partial charge in [0.15, 0.2) is 0 Å². The van der Waals surface area contributed by atoms with Crippen molar-refractivity contribution in [2.75, 3.05) is 23.7 Å². The van der Waals surface area contributed by atoms with Gasteiger partial charge in [-0.2, -0.15) is 0 Å². The molecule has 1 fully saturated rings. The topological polar surface area (TPSA) is 55.0 Å². The zero-order chi connectivity index (χ0) is 12.3. The standard InChI is InChI=1S/C13H22N4/c1-3-5-12-15-11(14)8-13(16-12)17-7-6-10(4-2)9-17/h8,10H,3-7,9H2,1-2H3,(H2,14,15,16). The number of nitrogens with two attached hydrogens (primary N) is 1. The SMILES string of the molecule is CCCc1nc(N)cc(N2CCC(CC)C2)n1. The Labute approximate surface area is 103 Å². The fraction of sp³-hybridized carbons (Fsp3) is 0.692. The van der Waals surface area contributed by atoms with E-state index in [1.807, 2.05) is 6.07 Å². The highest BCUT2D eigenvalue weighted by molar-refractivity contribution is 5.47. The van der Waals surface area contributed by atoms with Crippen molar-refractivity contribution in [1.82, 2.24) is 9.97 Å². The summed E-state index contributed by atoms with van der Waals surface area (Å²) in [4.78, 5) is 11.2. The van der Waals surface area contributed by atoms with Crippen LogP contribution in [0, 0.1) is 5.92 Å². The Morgan fingerprint density at radius 2 is 2.24 bits per heavy atom. The van der Waals surface area contributed by atoms with E-state index in [1.165, 1.54) is 12.8 Å². The molecular formula is C13H22N4. The third kappa shape index (κ3) is 2.87. The number of hydrogen-bond acceptors (Lipinski definition) is 4. The van der Waals surface area contributed by atoms with Crippen molar-refractivity contribution < 1.29 is 0 Å².